The molecule has 1 amide bonds. The number of aryl methyl sites for hydroxylation is 2. The zero-order valence-electron chi connectivity index (χ0n) is 19.4. The van der Waals surface area contributed by atoms with Gasteiger partial charge in [-0.25, -0.2) is 4.79 Å². The molecule has 0 aliphatic carbocycles. The van der Waals surface area contributed by atoms with Gasteiger partial charge in [-0.05, 0) is 55.2 Å². The van der Waals surface area contributed by atoms with E-state index in [-0.39, 0.29) is 18.3 Å². The minimum Gasteiger partial charge on any atom is -0.344 e. The van der Waals surface area contributed by atoms with E-state index in [0.717, 1.165) is 31.5 Å². The quantitative estimate of drug-likeness (QED) is 0.483. The Morgan fingerprint density at radius 2 is 1.56 bits per heavy atom. The largest absolute Gasteiger partial charge is 0.352 e. The molecule has 1 N–H and O–H groups in total. The van der Waals surface area contributed by atoms with Crippen LogP contribution in [-0.4, -0.2) is 20.3 Å². The summed E-state index contributed by atoms with van der Waals surface area (Å²) >= 11 is 0. The molecule has 4 rings (SSSR count). The molecule has 0 fully saturated rings. The molecule has 0 saturated heterocycles. The molecule has 0 radical (unpaired) electrons. The Labute approximate surface area is 197 Å². The summed E-state index contributed by atoms with van der Waals surface area (Å²) in [7, 11) is 0. The van der Waals surface area contributed by atoms with Crippen molar-refractivity contribution in [1.82, 2.24) is 19.7 Å². The van der Waals surface area contributed by atoms with Gasteiger partial charge < -0.3 is 5.32 Å². The summed E-state index contributed by atoms with van der Waals surface area (Å²) in [5.74, 6) is -0.638. The van der Waals surface area contributed by atoms with Gasteiger partial charge in [0.1, 0.15) is 0 Å². The van der Waals surface area contributed by atoms with Crippen molar-refractivity contribution in [2.45, 2.75) is 33.4 Å². The van der Waals surface area contributed by atoms with Gasteiger partial charge in [-0.2, -0.15) is 9.78 Å². The predicted molar refractivity (Wildman–Crippen MR) is 131 cm³/mol. The lowest BCUT2D eigenvalue weighted by Crippen LogP contribution is -2.46. The van der Waals surface area contributed by atoms with E-state index < -0.39 is 17.2 Å². The number of carbonyl (C=O) groups excluding carboxylic acids is 1. The zero-order valence-corrected chi connectivity index (χ0v) is 19.4. The summed E-state index contributed by atoms with van der Waals surface area (Å²) in [6.07, 6.45) is 0. The van der Waals surface area contributed by atoms with Crippen molar-refractivity contribution in [3.05, 3.63) is 128 Å². The molecule has 34 heavy (non-hydrogen) atoms. The number of nitrogens with one attached hydrogen (secondary N) is 1. The first-order chi connectivity index (χ1) is 16.3. The third-order valence-electron chi connectivity index (χ3n) is 5.84. The Morgan fingerprint density at radius 1 is 0.912 bits per heavy atom. The Hall–Kier alpha value is -4.26. The summed E-state index contributed by atoms with van der Waals surface area (Å²) in [6, 6.07) is 23.7. The average Bonchev–Trinajstić information content (AvgIpc) is 2.85. The van der Waals surface area contributed by atoms with E-state index in [9.17, 15) is 14.4 Å². The second-order valence-corrected chi connectivity index (χ2v) is 8.29. The molecular formula is C27H26N4O3. The van der Waals surface area contributed by atoms with E-state index in [1.165, 1.54) is 0 Å². The summed E-state index contributed by atoms with van der Waals surface area (Å²) in [4.78, 5) is 39.8. The lowest BCUT2D eigenvalue weighted by atomic mass is 10.1. The first-order valence-electron chi connectivity index (χ1n) is 11.1. The molecule has 3 aromatic carbocycles. The van der Waals surface area contributed by atoms with Crippen molar-refractivity contribution in [3.8, 4) is 5.69 Å². The number of rotatable bonds is 6. The number of aromatic nitrogens is 3. The molecule has 0 aliphatic heterocycles. The fourth-order valence-corrected chi connectivity index (χ4v) is 3.68. The maximum absolute atomic E-state index is 13.3. The normalized spacial score (nSPS) is 11.7. The maximum Gasteiger partial charge on any atom is 0.352 e. The average molecular weight is 455 g/mol. The van der Waals surface area contributed by atoms with Crippen LogP contribution in [0.3, 0.4) is 0 Å². The summed E-state index contributed by atoms with van der Waals surface area (Å²) in [5.41, 5.74) is 2.50. The number of hydrogen-bond acceptors (Lipinski definition) is 4. The lowest BCUT2D eigenvalue weighted by molar-refractivity contribution is 0.0930. The Bertz CT molecular complexity index is 1440. The first-order valence-corrected chi connectivity index (χ1v) is 11.1. The van der Waals surface area contributed by atoms with Gasteiger partial charge in [0.15, 0.2) is 0 Å². The van der Waals surface area contributed by atoms with Crippen LogP contribution in [0.15, 0.2) is 88.5 Å². The zero-order chi connectivity index (χ0) is 24.2. The van der Waals surface area contributed by atoms with Crippen LogP contribution in [0.4, 0.5) is 0 Å². The maximum atomic E-state index is 13.3. The van der Waals surface area contributed by atoms with E-state index in [1.807, 2.05) is 93.6 Å². The molecule has 4 aromatic rings. The molecule has 172 valence electrons. The fourth-order valence-electron chi connectivity index (χ4n) is 3.68. The molecule has 0 aliphatic rings. The molecule has 0 spiro atoms. The van der Waals surface area contributed by atoms with Crippen LogP contribution >= 0.6 is 0 Å². The van der Waals surface area contributed by atoms with Gasteiger partial charge in [0.2, 0.25) is 5.69 Å². The minimum atomic E-state index is -0.730. The van der Waals surface area contributed by atoms with Gasteiger partial charge in [0, 0.05) is 0 Å². The monoisotopic (exact) mass is 454 g/mol. The number of nitrogens with zero attached hydrogens (tertiary/aromatic N) is 3. The van der Waals surface area contributed by atoms with E-state index in [2.05, 4.69) is 10.4 Å². The van der Waals surface area contributed by atoms with Gasteiger partial charge in [0.25, 0.3) is 11.5 Å². The van der Waals surface area contributed by atoms with E-state index in [0.29, 0.717) is 5.69 Å². The molecule has 0 saturated carbocycles. The molecule has 0 bridgehead atoms. The lowest BCUT2D eigenvalue weighted by Gasteiger charge is -2.16. The second-order valence-electron chi connectivity index (χ2n) is 8.29. The SMILES string of the molecule is Cc1ccc(-n2nc(C(=O)N[C@@H](C)c3ccccc3)c(=O)n(Cc3ccccc3)c2=O)cc1C. The Morgan fingerprint density at radius 3 is 2.21 bits per heavy atom. The van der Waals surface area contributed by atoms with E-state index in [4.69, 9.17) is 0 Å². The third kappa shape index (κ3) is 4.73. The van der Waals surface area contributed by atoms with Crippen molar-refractivity contribution < 1.29 is 4.79 Å². The number of hydrogen-bond donors (Lipinski definition) is 1. The molecular weight excluding hydrogens is 428 g/mol. The highest BCUT2D eigenvalue weighted by atomic mass is 16.2. The van der Waals surface area contributed by atoms with Gasteiger partial charge >= 0.3 is 5.69 Å². The number of amides is 1. The molecule has 1 atom stereocenters. The van der Waals surface area contributed by atoms with Crippen molar-refractivity contribution in [2.24, 2.45) is 0 Å². The van der Waals surface area contributed by atoms with Gasteiger partial charge in [0.05, 0.1) is 18.3 Å². The summed E-state index contributed by atoms with van der Waals surface area (Å²) < 4.78 is 2.18. The molecule has 1 aromatic heterocycles. The summed E-state index contributed by atoms with van der Waals surface area (Å²) in [5, 5.41) is 7.05. The van der Waals surface area contributed by atoms with Crippen LogP contribution in [0, 0.1) is 13.8 Å². The highest BCUT2D eigenvalue weighted by Gasteiger charge is 2.22. The van der Waals surface area contributed by atoms with Crippen LogP contribution < -0.4 is 16.6 Å². The van der Waals surface area contributed by atoms with Crippen LogP contribution in [-0.2, 0) is 6.54 Å². The standard InChI is InChI=1S/C27H26N4O3/c1-18-14-15-23(16-19(18)2)31-27(34)30(17-21-10-6-4-7-11-21)26(33)24(29-31)25(32)28-20(3)22-12-8-5-9-13-22/h4-16,20H,17H2,1-3H3,(H,28,32)/t20-/m0/s1. The van der Waals surface area contributed by atoms with Crippen molar-refractivity contribution >= 4 is 5.91 Å². The van der Waals surface area contributed by atoms with Gasteiger partial charge in [-0.3, -0.25) is 14.2 Å². The third-order valence-corrected chi connectivity index (χ3v) is 5.84. The van der Waals surface area contributed by atoms with Crippen LogP contribution in [0.25, 0.3) is 5.69 Å². The highest BCUT2D eigenvalue weighted by molar-refractivity contribution is 5.92. The van der Waals surface area contributed by atoms with Crippen molar-refractivity contribution in [3.63, 3.8) is 0 Å². The smallest absolute Gasteiger partial charge is 0.344 e. The molecule has 7 heteroatoms. The number of carbonyl (C=O) groups is 1. The van der Waals surface area contributed by atoms with E-state index >= 15 is 0 Å². The molecule has 1 heterocycles. The topological polar surface area (TPSA) is 86.0 Å². The fraction of sp³-hybridized carbons (Fsp3) is 0.185. The molecule has 0 unspecified atom stereocenters. The minimum absolute atomic E-state index is 0.0282. The van der Waals surface area contributed by atoms with Crippen LogP contribution in [0.2, 0.25) is 0 Å². The first kappa shape index (κ1) is 22.9. The Kier molecular flexibility index (Phi) is 6.54. The predicted octanol–water partition coefficient (Wildman–Crippen LogP) is 3.55. The van der Waals surface area contributed by atoms with Crippen molar-refractivity contribution in [2.75, 3.05) is 0 Å². The number of benzene rings is 3. The highest BCUT2D eigenvalue weighted by Crippen LogP contribution is 2.13. The second kappa shape index (κ2) is 9.70. The Balaban J connectivity index is 1.82. The summed E-state index contributed by atoms with van der Waals surface area (Å²) in [6.45, 7) is 5.75. The van der Waals surface area contributed by atoms with Gasteiger partial charge in [-0.1, -0.05) is 66.7 Å². The van der Waals surface area contributed by atoms with E-state index in [1.54, 1.807) is 6.07 Å². The van der Waals surface area contributed by atoms with Crippen LogP contribution in [0.1, 0.15) is 45.7 Å². The van der Waals surface area contributed by atoms with Crippen molar-refractivity contribution in [1.29, 1.82) is 0 Å². The van der Waals surface area contributed by atoms with Gasteiger partial charge in [-0.15, -0.1) is 0 Å². The molecule has 7 nitrogen and oxygen atoms in total. The van der Waals surface area contributed by atoms with Crippen LogP contribution in [0.5, 0.6) is 0 Å².